The number of pyridine rings is 1. The van der Waals surface area contributed by atoms with Gasteiger partial charge in [0.1, 0.15) is 4.90 Å². The fourth-order valence-corrected chi connectivity index (χ4v) is 2.33. The van der Waals surface area contributed by atoms with Gasteiger partial charge in [-0.2, -0.15) is 17.8 Å². The van der Waals surface area contributed by atoms with Crippen molar-refractivity contribution in [3.63, 3.8) is 0 Å². The van der Waals surface area contributed by atoms with Crippen molar-refractivity contribution >= 4 is 16.1 Å². The molecule has 0 aliphatic carbocycles. The summed E-state index contributed by atoms with van der Waals surface area (Å²) in [5, 5.41) is 0. The summed E-state index contributed by atoms with van der Waals surface area (Å²) < 4.78 is 26.9. The van der Waals surface area contributed by atoms with Crippen molar-refractivity contribution in [1.82, 2.24) is 4.72 Å². The first kappa shape index (κ1) is 12.3. The van der Waals surface area contributed by atoms with Gasteiger partial charge in [0.25, 0.3) is 0 Å². The number of nitrogens with one attached hydrogen (secondary N) is 1. The van der Waals surface area contributed by atoms with Crippen LogP contribution in [-0.4, -0.2) is 14.4 Å². The molecule has 18 heavy (non-hydrogen) atoms. The summed E-state index contributed by atoms with van der Waals surface area (Å²) in [6.45, 7) is 0. The molecule has 92 valence electrons. The highest BCUT2D eigenvalue weighted by molar-refractivity contribution is 7.90. The molecule has 0 saturated carbocycles. The van der Waals surface area contributed by atoms with Gasteiger partial charge in [-0.25, -0.2) is 0 Å². The second-order valence-corrected chi connectivity index (χ2v) is 5.19. The van der Waals surface area contributed by atoms with Crippen LogP contribution in [0.15, 0.2) is 65.8 Å². The van der Waals surface area contributed by atoms with E-state index in [2.05, 4.69) is 0 Å². The first-order valence-corrected chi connectivity index (χ1v) is 6.66. The molecular weight excluding hydrogens is 252 g/mol. The highest BCUT2D eigenvalue weighted by Gasteiger charge is 2.25. The molecule has 0 unspecified atom stereocenters. The Morgan fingerprint density at radius 1 is 0.944 bits per heavy atom. The number of rotatable bonds is 2. The third-order valence-corrected chi connectivity index (χ3v) is 3.56. The van der Waals surface area contributed by atoms with Gasteiger partial charge in [0.15, 0.2) is 0 Å². The Kier molecular flexibility index (Phi) is 3.38. The van der Waals surface area contributed by atoms with Crippen LogP contribution in [0, 0.1) is 0 Å². The standard InChI is InChI=1S/C12H10N2O3S/c15-12(14-9-5-2-6-10-14)13-18(16,17)11-7-3-1-4-8-11/h1-10H/p+1. The van der Waals surface area contributed by atoms with E-state index in [0.717, 1.165) is 4.57 Å². The number of nitrogens with zero attached hydrogens (tertiary/aromatic N) is 1. The van der Waals surface area contributed by atoms with Gasteiger partial charge in [-0.1, -0.05) is 24.3 Å². The monoisotopic (exact) mass is 263 g/mol. The topological polar surface area (TPSA) is 67.1 Å². The molecule has 0 bridgehead atoms. The van der Waals surface area contributed by atoms with Crippen molar-refractivity contribution in [2.75, 3.05) is 0 Å². The van der Waals surface area contributed by atoms with Gasteiger partial charge in [0.2, 0.25) is 0 Å². The first-order chi connectivity index (χ1) is 8.59. The Hall–Kier alpha value is -2.21. The SMILES string of the molecule is O=C(NS(=O)(=O)c1ccccc1)[n+]1ccccc1. The number of carbonyl (C=O) groups excluding carboxylic acids is 1. The molecule has 0 saturated heterocycles. The maximum atomic E-state index is 11.9. The summed E-state index contributed by atoms with van der Waals surface area (Å²) in [5.74, 6) is 0. The van der Waals surface area contributed by atoms with Crippen LogP contribution in [0.3, 0.4) is 0 Å². The Morgan fingerprint density at radius 2 is 1.50 bits per heavy atom. The number of benzene rings is 1. The van der Waals surface area contributed by atoms with Crippen molar-refractivity contribution in [3.05, 3.63) is 60.9 Å². The number of sulfonamides is 1. The van der Waals surface area contributed by atoms with E-state index in [1.54, 1.807) is 36.4 Å². The van der Waals surface area contributed by atoms with Gasteiger partial charge >= 0.3 is 16.1 Å². The van der Waals surface area contributed by atoms with Crippen molar-refractivity contribution in [2.45, 2.75) is 4.90 Å². The average Bonchev–Trinajstić information content (AvgIpc) is 2.40. The normalized spacial score (nSPS) is 10.9. The van der Waals surface area contributed by atoms with E-state index in [0.29, 0.717) is 0 Å². The lowest BCUT2D eigenvalue weighted by atomic mass is 10.4. The molecule has 1 N–H and O–H groups in total. The number of aromatic nitrogens is 1. The predicted molar refractivity (Wildman–Crippen MR) is 64.2 cm³/mol. The van der Waals surface area contributed by atoms with Gasteiger partial charge < -0.3 is 0 Å². The van der Waals surface area contributed by atoms with E-state index in [9.17, 15) is 13.2 Å². The Balaban J connectivity index is 2.23. The zero-order valence-corrected chi connectivity index (χ0v) is 10.2. The molecule has 0 atom stereocenters. The number of hydrogen-bond donors (Lipinski definition) is 1. The van der Waals surface area contributed by atoms with Gasteiger partial charge in [-0.3, -0.25) is 0 Å². The Morgan fingerprint density at radius 3 is 2.11 bits per heavy atom. The second kappa shape index (κ2) is 4.97. The van der Waals surface area contributed by atoms with E-state index in [1.165, 1.54) is 24.5 Å². The first-order valence-electron chi connectivity index (χ1n) is 5.18. The lowest BCUT2D eigenvalue weighted by molar-refractivity contribution is -0.570. The number of carbonyl (C=O) groups is 1. The van der Waals surface area contributed by atoms with Crippen LogP contribution in [-0.2, 0) is 10.0 Å². The van der Waals surface area contributed by atoms with Gasteiger partial charge in [0, 0.05) is 0 Å². The average molecular weight is 263 g/mol. The van der Waals surface area contributed by atoms with Gasteiger partial charge in [-0.05, 0) is 24.3 Å². The largest absolute Gasteiger partial charge is 0.511 e. The second-order valence-electron chi connectivity index (χ2n) is 3.51. The quantitative estimate of drug-likeness (QED) is 0.819. The molecule has 1 heterocycles. The predicted octanol–water partition coefficient (Wildman–Crippen LogP) is 0.921. The molecule has 0 spiro atoms. The molecule has 0 radical (unpaired) electrons. The molecular formula is C12H11N2O3S+. The minimum absolute atomic E-state index is 0.0508. The number of hydrogen-bond acceptors (Lipinski definition) is 3. The summed E-state index contributed by atoms with van der Waals surface area (Å²) in [5.41, 5.74) is 0. The van der Waals surface area contributed by atoms with E-state index in [4.69, 9.17) is 0 Å². The molecule has 0 fully saturated rings. The summed E-state index contributed by atoms with van der Waals surface area (Å²) in [6, 6.07) is 12.0. The minimum Gasteiger partial charge on any atom is -0.195 e. The number of amides is 1. The molecule has 1 aromatic carbocycles. The zero-order valence-electron chi connectivity index (χ0n) is 9.35. The van der Waals surface area contributed by atoms with Crippen LogP contribution in [0.1, 0.15) is 0 Å². The van der Waals surface area contributed by atoms with Crippen molar-refractivity contribution in [1.29, 1.82) is 0 Å². The summed E-state index contributed by atoms with van der Waals surface area (Å²) in [4.78, 5) is 11.8. The molecule has 0 aliphatic heterocycles. The maximum absolute atomic E-state index is 11.9. The van der Waals surface area contributed by atoms with Crippen LogP contribution in [0.25, 0.3) is 0 Å². The molecule has 2 rings (SSSR count). The summed E-state index contributed by atoms with van der Waals surface area (Å²) >= 11 is 0. The smallest absolute Gasteiger partial charge is 0.195 e. The molecule has 2 aromatic rings. The maximum Gasteiger partial charge on any atom is 0.511 e. The van der Waals surface area contributed by atoms with Gasteiger partial charge in [0.05, 0.1) is 12.4 Å². The fraction of sp³-hybridized carbons (Fsp3) is 0. The van der Waals surface area contributed by atoms with Crippen LogP contribution in [0.2, 0.25) is 0 Å². The van der Waals surface area contributed by atoms with E-state index >= 15 is 0 Å². The molecule has 5 nitrogen and oxygen atoms in total. The third kappa shape index (κ3) is 2.72. The lowest BCUT2D eigenvalue weighted by Crippen LogP contribution is -2.51. The van der Waals surface area contributed by atoms with Crippen LogP contribution >= 0.6 is 0 Å². The van der Waals surface area contributed by atoms with Crippen molar-refractivity contribution in [3.8, 4) is 0 Å². The minimum atomic E-state index is -3.83. The summed E-state index contributed by atoms with van der Waals surface area (Å²) in [6.07, 6.45) is 2.94. The lowest BCUT2D eigenvalue weighted by Gasteiger charge is -2.00. The van der Waals surface area contributed by atoms with Gasteiger partial charge in [-0.15, -0.1) is 4.72 Å². The van der Waals surface area contributed by atoms with Crippen LogP contribution in [0.4, 0.5) is 4.79 Å². The van der Waals surface area contributed by atoms with Crippen LogP contribution < -0.4 is 9.29 Å². The molecule has 1 aromatic heterocycles. The Labute approximate surface area is 105 Å². The summed E-state index contributed by atoms with van der Waals surface area (Å²) in [7, 11) is -3.83. The third-order valence-electron chi connectivity index (χ3n) is 2.23. The van der Waals surface area contributed by atoms with Crippen LogP contribution in [0.5, 0.6) is 0 Å². The molecule has 1 amide bonds. The van der Waals surface area contributed by atoms with Crippen molar-refractivity contribution in [2.24, 2.45) is 0 Å². The van der Waals surface area contributed by atoms with E-state index in [-0.39, 0.29) is 4.90 Å². The highest BCUT2D eigenvalue weighted by Crippen LogP contribution is 2.06. The molecule has 6 heteroatoms. The Bertz CT molecular complexity index is 640. The van der Waals surface area contributed by atoms with E-state index < -0.39 is 16.1 Å². The zero-order chi connectivity index (χ0) is 13.0. The highest BCUT2D eigenvalue weighted by atomic mass is 32.2. The van der Waals surface area contributed by atoms with Crippen molar-refractivity contribution < 1.29 is 17.8 Å². The van der Waals surface area contributed by atoms with E-state index in [1.807, 2.05) is 4.72 Å². The fourth-order valence-electron chi connectivity index (χ4n) is 1.36. The molecule has 0 aliphatic rings.